The first kappa shape index (κ1) is 23.1. The van der Waals surface area contributed by atoms with Gasteiger partial charge in [0.15, 0.2) is 5.65 Å². The number of hydrogen-bond donors (Lipinski definition) is 1. The van der Waals surface area contributed by atoms with Crippen LogP contribution in [-0.2, 0) is 17.8 Å². The molecule has 8 nitrogen and oxygen atoms in total. The van der Waals surface area contributed by atoms with Gasteiger partial charge in [0.2, 0.25) is 0 Å². The number of nitrogens with one attached hydrogen (secondary N) is 1. The van der Waals surface area contributed by atoms with Crippen LogP contribution in [0.5, 0.6) is 0 Å². The van der Waals surface area contributed by atoms with Gasteiger partial charge in [0.05, 0.1) is 29.9 Å². The maximum absolute atomic E-state index is 5.46. The fourth-order valence-corrected chi connectivity index (χ4v) is 6.01. The molecule has 0 spiro atoms. The second kappa shape index (κ2) is 10.3. The number of ether oxygens (including phenoxy) is 1. The molecule has 2 aliphatic heterocycles. The molecule has 35 heavy (non-hydrogen) atoms. The zero-order valence-corrected chi connectivity index (χ0v) is 21.9. The van der Waals surface area contributed by atoms with Crippen molar-refractivity contribution in [1.82, 2.24) is 29.7 Å². The van der Waals surface area contributed by atoms with E-state index in [0.29, 0.717) is 0 Å². The van der Waals surface area contributed by atoms with Crippen LogP contribution in [0, 0.1) is 0 Å². The molecular formula is C25H28BrN7OS. The lowest BCUT2D eigenvalue weighted by molar-refractivity contribution is 0.0342. The van der Waals surface area contributed by atoms with Crippen molar-refractivity contribution in [3.63, 3.8) is 0 Å². The maximum atomic E-state index is 5.46. The van der Waals surface area contributed by atoms with E-state index in [2.05, 4.69) is 69.8 Å². The Kier molecular flexibility index (Phi) is 6.80. The van der Waals surface area contributed by atoms with Crippen LogP contribution in [0.1, 0.15) is 10.6 Å². The summed E-state index contributed by atoms with van der Waals surface area (Å²) < 4.78 is 6.45. The van der Waals surface area contributed by atoms with Crippen LogP contribution in [0.4, 0.5) is 5.69 Å². The molecule has 10 heteroatoms. The SMILES string of the molecule is Brc1cnc2nc(-c3ccc(CN4CCOCC4)cc3)[nH]c2c1N1CCN(Cc2nccs2)CC1. The van der Waals surface area contributed by atoms with Crippen LogP contribution in [0.3, 0.4) is 0 Å². The number of aromatic nitrogens is 4. The van der Waals surface area contributed by atoms with Gasteiger partial charge >= 0.3 is 0 Å². The number of H-pyrrole nitrogens is 1. The molecule has 1 N–H and O–H groups in total. The first-order valence-corrected chi connectivity index (χ1v) is 13.7. The standard InChI is InChI=1S/C25H28BrN7OS/c26-20-15-28-25-22(23(20)33-8-6-31(7-9-33)17-21-27-5-14-35-21)29-24(30-25)19-3-1-18(2-4-19)16-32-10-12-34-13-11-32/h1-5,14-15H,6-13,16-17H2,(H,28,29,30). The van der Waals surface area contributed by atoms with Gasteiger partial charge in [0.25, 0.3) is 0 Å². The van der Waals surface area contributed by atoms with Gasteiger partial charge in [-0.15, -0.1) is 11.3 Å². The molecule has 3 aromatic heterocycles. The zero-order chi connectivity index (χ0) is 23.6. The highest BCUT2D eigenvalue weighted by molar-refractivity contribution is 9.10. The molecule has 5 heterocycles. The Morgan fingerprint density at radius 1 is 0.943 bits per heavy atom. The minimum atomic E-state index is 0.751. The van der Waals surface area contributed by atoms with Crippen LogP contribution in [0.2, 0.25) is 0 Å². The minimum Gasteiger partial charge on any atom is -0.379 e. The van der Waals surface area contributed by atoms with Gasteiger partial charge in [-0.25, -0.2) is 15.0 Å². The van der Waals surface area contributed by atoms with E-state index in [1.807, 2.05) is 17.8 Å². The molecule has 0 radical (unpaired) electrons. The lowest BCUT2D eigenvalue weighted by Gasteiger charge is -2.36. The molecule has 2 saturated heterocycles. The lowest BCUT2D eigenvalue weighted by atomic mass is 10.1. The quantitative estimate of drug-likeness (QED) is 0.386. The number of fused-ring (bicyclic) bond motifs is 1. The average Bonchev–Trinajstić information content (AvgIpc) is 3.56. The van der Waals surface area contributed by atoms with E-state index in [-0.39, 0.29) is 0 Å². The van der Waals surface area contributed by atoms with Crippen molar-refractivity contribution in [2.45, 2.75) is 13.1 Å². The maximum Gasteiger partial charge on any atom is 0.180 e. The third-order valence-electron chi connectivity index (χ3n) is 6.72. The molecule has 0 saturated carbocycles. The summed E-state index contributed by atoms with van der Waals surface area (Å²) >= 11 is 5.48. The smallest absolute Gasteiger partial charge is 0.180 e. The Bertz CT molecular complexity index is 1260. The predicted octanol–water partition coefficient (Wildman–Crippen LogP) is 4.00. The first-order valence-electron chi connectivity index (χ1n) is 12.0. The fraction of sp³-hybridized carbons (Fsp3) is 0.400. The Balaban J connectivity index is 1.19. The summed E-state index contributed by atoms with van der Waals surface area (Å²) in [4.78, 5) is 24.8. The number of rotatable bonds is 6. The summed E-state index contributed by atoms with van der Waals surface area (Å²) in [5.74, 6) is 0.854. The van der Waals surface area contributed by atoms with Gasteiger partial charge in [-0.1, -0.05) is 24.3 Å². The van der Waals surface area contributed by atoms with Crippen LogP contribution >= 0.6 is 27.3 Å². The average molecular weight is 555 g/mol. The van der Waals surface area contributed by atoms with Crippen molar-refractivity contribution in [3.05, 3.63) is 57.1 Å². The fourth-order valence-electron chi connectivity index (χ4n) is 4.80. The van der Waals surface area contributed by atoms with E-state index in [9.17, 15) is 0 Å². The summed E-state index contributed by atoms with van der Waals surface area (Å²) in [6.45, 7) is 9.42. The highest BCUT2D eigenvalue weighted by Gasteiger charge is 2.23. The van der Waals surface area contributed by atoms with Gasteiger partial charge in [-0.05, 0) is 21.5 Å². The molecule has 0 aliphatic carbocycles. The molecule has 0 unspecified atom stereocenters. The molecular weight excluding hydrogens is 526 g/mol. The van der Waals surface area contributed by atoms with Crippen LogP contribution in [0.15, 0.2) is 46.5 Å². The predicted molar refractivity (Wildman–Crippen MR) is 143 cm³/mol. The number of thiazole rings is 1. The largest absolute Gasteiger partial charge is 0.379 e. The van der Waals surface area contributed by atoms with Gasteiger partial charge in [0, 0.05) is 69.2 Å². The molecule has 182 valence electrons. The van der Waals surface area contributed by atoms with Crippen molar-refractivity contribution in [3.8, 4) is 11.4 Å². The highest BCUT2D eigenvalue weighted by Crippen LogP contribution is 2.34. The molecule has 0 bridgehead atoms. The second-order valence-electron chi connectivity index (χ2n) is 9.01. The highest BCUT2D eigenvalue weighted by atomic mass is 79.9. The van der Waals surface area contributed by atoms with Crippen molar-refractivity contribution in [2.75, 3.05) is 57.4 Å². The van der Waals surface area contributed by atoms with E-state index in [1.54, 1.807) is 11.3 Å². The number of aromatic amines is 1. The number of morpholine rings is 1. The number of imidazole rings is 1. The van der Waals surface area contributed by atoms with E-state index in [0.717, 1.165) is 98.3 Å². The topological polar surface area (TPSA) is 73.4 Å². The molecule has 0 amide bonds. The Labute approximate surface area is 217 Å². The van der Waals surface area contributed by atoms with E-state index in [1.165, 1.54) is 10.6 Å². The van der Waals surface area contributed by atoms with E-state index < -0.39 is 0 Å². The van der Waals surface area contributed by atoms with Gasteiger partial charge in [-0.3, -0.25) is 9.80 Å². The van der Waals surface area contributed by atoms with Crippen molar-refractivity contribution >= 4 is 44.1 Å². The third kappa shape index (κ3) is 5.12. The summed E-state index contributed by atoms with van der Waals surface area (Å²) in [6, 6.07) is 8.70. The van der Waals surface area contributed by atoms with Gasteiger partial charge < -0.3 is 14.6 Å². The minimum absolute atomic E-state index is 0.751. The second-order valence-corrected chi connectivity index (χ2v) is 10.8. The number of pyridine rings is 1. The summed E-state index contributed by atoms with van der Waals surface area (Å²) in [5, 5.41) is 3.23. The summed E-state index contributed by atoms with van der Waals surface area (Å²) in [6.07, 6.45) is 3.75. The number of benzene rings is 1. The van der Waals surface area contributed by atoms with E-state index in [4.69, 9.17) is 9.72 Å². The first-order chi connectivity index (χ1) is 17.2. The number of anilines is 1. The molecule has 6 rings (SSSR count). The van der Waals surface area contributed by atoms with Crippen LogP contribution in [0.25, 0.3) is 22.6 Å². The number of piperazine rings is 1. The lowest BCUT2D eigenvalue weighted by Crippen LogP contribution is -2.46. The third-order valence-corrected chi connectivity index (χ3v) is 8.06. The number of hydrogen-bond acceptors (Lipinski definition) is 8. The molecule has 0 atom stereocenters. The molecule has 4 aromatic rings. The van der Waals surface area contributed by atoms with Crippen LogP contribution < -0.4 is 4.90 Å². The molecule has 1 aromatic carbocycles. The molecule has 2 fully saturated rings. The summed E-state index contributed by atoms with van der Waals surface area (Å²) in [7, 11) is 0. The Morgan fingerprint density at radius 3 is 2.46 bits per heavy atom. The number of nitrogens with zero attached hydrogens (tertiary/aromatic N) is 6. The van der Waals surface area contributed by atoms with Gasteiger partial charge in [-0.2, -0.15) is 0 Å². The monoisotopic (exact) mass is 553 g/mol. The Morgan fingerprint density at radius 2 is 1.71 bits per heavy atom. The normalized spacial score (nSPS) is 17.9. The van der Waals surface area contributed by atoms with Crippen molar-refractivity contribution in [2.24, 2.45) is 0 Å². The van der Waals surface area contributed by atoms with Gasteiger partial charge in [0.1, 0.15) is 16.3 Å². The van der Waals surface area contributed by atoms with Crippen molar-refractivity contribution in [1.29, 1.82) is 0 Å². The van der Waals surface area contributed by atoms with E-state index >= 15 is 0 Å². The number of halogens is 1. The Hall–Kier alpha value is -2.37. The van der Waals surface area contributed by atoms with Crippen LogP contribution in [-0.4, -0.2) is 82.2 Å². The summed E-state index contributed by atoms with van der Waals surface area (Å²) in [5.41, 5.74) is 5.26. The zero-order valence-electron chi connectivity index (χ0n) is 19.5. The molecule has 2 aliphatic rings. The van der Waals surface area contributed by atoms with Crippen molar-refractivity contribution < 1.29 is 4.74 Å².